The van der Waals surface area contributed by atoms with Crippen LogP contribution in [-0.4, -0.2) is 53.0 Å². The van der Waals surface area contributed by atoms with Crippen LogP contribution in [0.15, 0.2) is 42.5 Å². The standard InChI is InChI=1S/C28H35Cl2N3O/c1-28(2,3)13-14-32-15-17-33(18-16-32)26(34)12-10-23-24-19-22(30)9-11-25(24)31(4)27(23)20-5-7-21(29)8-6-20/h5-9,11,19H,10,12-18H2,1-4H3. The normalized spacial score (nSPS) is 15.3. The molecule has 2 aromatic carbocycles. The third kappa shape index (κ3) is 5.79. The molecule has 34 heavy (non-hydrogen) atoms. The second-order valence-electron chi connectivity index (χ2n) is 10.6. The molecule has 0 N–H and O–H groups in total. The maximum absolute atomic E-state index is 13.2. The van der Waals surface area contributed by atoms with Crippen LogP contribution in [0.1, 0.15) is 39.2 Å². The van der Waals surface area contributed by atoms with Gasteiger partial charge in [-0.2, -0.15) is 0 Å². The Morgan fingerprint density at radius 3 is 2.24 bits per heavy atom. The maximum atomic E-state index is 13.2. The number of piperazine rings is 1. The molecular weight excluding hydrogens is 465 g/mol. The molecule has 182 valence electrons. The highest BCUT2D eigenvalue weighted by Crippen LogP contribution is 2.36. The van der Waals surface area contributed by atoms with E-state index in [0.717, 1.165) is 54.9 Å². The van der Waals surface area contributed by atoms with Crippen LogP contribution in [0.5, 0.6) is 0 Å². The molecule has 0 unspecified atom stereocenters. The molecule has 0 radical (unpaired) electrons. The molecule has 1 aliphatic heterocycles. The maximum Gasteiger partial charge on any atom is 0.222 e. The Morgan fingerprint density at radius 2 is 1.59 bits per heavy atom. The summed E-state index contributed by atoms with van der Waals surface area (Å²) in [4.78, 5) is 17.7. The van der Waals surface area contributed by atoms with Gasteiger partial charge in [-0.15, -0.1) is 0 Å². The first kappa shape index (κ1) is 25.1. The monoisotopic (exact) mass is 499 g/mol. The molecule has 4 nitrogen and oxygen atoms in total. The lowest BCUT2D eigenvalue weighted by Gasteiger charge is -2.36. The van der Waals surface area contributed by atoms with Crippen LogP contribution >= 0.6 is 23.2 Å². The third-order valence-corrected chi connectivity index (χ3v) is 7.36. The number of carbonyl (C=O) groups excluding carboxylic acids is 1. The summed E-state index contributed by atoms with van der Waals surface area (Å²) in [6.45, 7) is 11.5. The summed E-state index contributed by atoms with van der Waals surface area (Å²) in [6.07, 6.45) is 2.35. The van der Waals surface area contributed by atoms with Crippen LogP contribution in [-0.2, 0) is 18.3 Å². The van der Waals surface area contributed by atoms with Crippen LogP contribution < -0.4 is 0 Å². The number of amides is 1. The summed E-state index contributed by atoms with van der Waals surface area (Å²) in [7, 11) is 2.07. The third-order valence-electron chi connectivity index (χ3n) is 6.88. The smallest absolute Gasteiger partial charge is 0.222 e. The number of aromatic nitrogens is 1. The molecule has 1 saturated heterocycles. The van der Waals surface area contributed by atoms with Crippen LogP contribution in [0, 0.1) is 5.41 Å². The fourth-order valence-corrected chi connectivity index (χ4v) is 5.12. The minimum absolute atomic E-state index is 0.233. The van der Waals surface area contributed by atoms with E-state index in [1.165, 1.54) is 12.0 Å². The number of hydrogen-bond acceptors (Lipinski definition) is 2. The van der Waals surface area contributed by atoms with Gasteiger partial charge in [-0.05, 0) is 66.3 Å². The van der Waals surface area contributed by atoms with E-state index in [1.807, 2.05) is 41.3 Å². The summed E-state index contributed by atoms with van der Waals surface area (Å²) in [6, 6.07) is 13.9. The van der Waals surface area contributed by atoms with E-state index in [-0.39, 0.29) is 5.91 Å². The Labute approximate surface area is 213 Å². The van der Waals surface area contributed by atoms with Gasteiger partial charge >= 0.3 is 0 Å². The molecule has 2 heterocycles. The highest BCUT2D eigenvalue weighted by Gasteiger charge is 2.24. The number of rotatable bonds is 6. The zero-order valence-corrected chi connectivity index (χ0v) is 22.2. The van der Waals surface area contributed by atoms with Crippen molar-refractivity contribution in [3.8, 4) is 11.3 Å². The lowest BCUT2D eigenvalue weighted by atomic mass is 9.92. The van der Waals surface area contributed by atoms with Crippen molar-refractivity contribution in [2.24, 2.45) is 12.5 Å². The first-order valence-corrected chi connectivity index (χ1v) is 12.9. The van der Waals surface area contributed by atoms with Crippen LogP contribution in [0.4, 0.5) is 0 Å². The number of carbonyl (C=O) groups is 1. The van der Waals surface area contributed by atoms with Crippen molar-refractivity contribution >= 4 is 40.0 Å². The average Bonchev–Trinajstić information content (AvgIpc) is 3.07. The Hall–Kier alpha value is -2.01. The summed E-state index contributed by atoms with van der Waals surface area (Å²) in [5.74, 6) is 0.233. The highest BCUT2D eigenvalue weighted by molar-refractivity contribution is 6.31. The molecule has 0 aliphatic carbocycles. The van der Waals surface area contributed by atoms with Gasteiger partial charge in [0.25, 0.3) is 0 Å². The minimum Gasteiger partial charge on any atom is -0.343 e. The van der Waals surface area contributed by atoms with E-state index in [1.54, 1.807) is 0 Å². The topological polar surface area (TPSA) is 28.5 Å². The van der Waals surface area contributed by atoms with Crippen molar-refractivity contribution in [1.29, 1.82) is 0 Å². The molecule has 6 heteroatoms. The van der Waals surface area contributed by atoms with Crippen molar-refractivity contribution < 1.29 is 4.79 Å². The zero-order chi connectivity index (χ0) is 24.5. The molecule has 4 rings (SSSR count). The number of nitrogens with zero attached hydrogens (tertiary/aromatic N) is 3. The van der Waals surface area contributed by atoms with E-state index in [2.05, 4.69) is 43.4 Å². The number of hydrogen-bond donors (Lipinski definition) is 0. The Kier molecular flexibility index (Phi) is 7.61. The molecule has 1 aliphatic rings. The molecule has 0 atom stereocenters. The van der Waals surface area contributed by atoms with Crippen molar-refractivity contribution in [1.82, 2.24) is 14.4 Å². The van der Waals surface area contributed by atoms with Gasteiger partial charge in [-0.25, -0.2) is 0 Å². The van der Waals surface area contributed by atoms with Crippen LogP contribution in [0.25, 0.3) is 22.2 Å². The van der Waals surface area contributed by atoms with Crippen molar-refractivity contribution in [2.75, 3.05) is 32.7 Å². The van der Waals surface area contributed by atoms with E-state index >= 15 is 0 Å². The fraction of sp³-hybridized carbons (Fsp3) is 0.464. The molecule has 0 saturated carbocycles. The Morgan fingerprint density at radius 1 is 0.941 bits per heavy atom. The predicted octanol–water partition coefficient (Wildman–Crippen LogP) is 6.67. The molecule has 1 fully saturated rings. The van der Waals surface area contributed by atoms with Crippen LogP contribution in [0.2, 0.25) is 10.0 Å². The molecule has 1 aromatic heterocycles. The van der Waals surface area contributed by atoms with Gasteiger partial charge in [-0.1, -0.05) is 56.1 Å². The number of benzene rings is 2. The molecule has 1 amide bonds. The van der Waals surface area contributed by atoms with Gasteiger partial charge in [0.2, 0.25) is 5.91 Å². The van der Waals surface area contributed by atoms with Crippen LogP contribution in [0.3, 0.4) is 0 Å². The van der Waals surface area contributed by atoms with E-state index in [9.17, 15) is 4.79 Å². The SMILES string of the molecule is Cn1c(-c2ccc(Cl)cc2)c(CCC(=O)N2CCN(CCC(C)(C)C)CC2)c2cc(Cl)ccc21. The fourth-order valence-electron chi connectivity index (χ4n) is 4.83. The summed E-state index contributed by atoms with van der Waals surface area (Å²) in [5, 5.41) is 2.53. The van der Waals surface area contributed by atoms with E-state index in [0.29, 0.717) is 28.3 Å². The summed E-state index contributed by atoms with van der Waals surface area (Å²) < 4.78 is 2.20. The molecule has 3 aromatic rings. The minimum atomic E-state index is 0.233. The number of fused-ring (bicyclic) bond motifs is 1. The second kappa shape index (κ2) is 10.3. The lowest BCUT2D eigenvalue weighted by Crippen LogP contribution is -2.49. The molecule has 0 spiro atoms. The average molecular weight is 501 g/mol. The Balaban J connectivity index is 1.49. The molecule has 0 bridgehead atoms. The largest absolute Gasteiger partial charge is 0.343 e. The Bertz CT molecular complexity index is 1150. The van der Waals surface area contributed by atoms with Gasteiger partial charge in [0.05, 0.1) is 5.69 Å². The van der Waals surface area contributed by atoms with Gasteiger partial charge in [0, 0.05) is 60.6 Å². The predicted molar refractivity (Wildman–Crippen MR) is 144 cm³/mol. The van der Waals surface area contributed by atoms with Crippen molar-refractivity contribution in [2.45, 2.75) is 40.0 Å². The van der Waals surface area contributed by atoms with Crippen molar-refractivity contribution in [3.63, 3.8) is 0 Å². The van der Waals surface area contributed by atoms with E-state index in [4.69, 9.17) is 23.2 Å². The van der Waals surface area contributed by atoms with Gasteiger partial charge in [0.1, 0.15) is 0 Å². The summed E-state index contributed by atoms with van der Waals surface area (Å²) >= 11 is 12.5. The highest BCUT2D eigenvalue weighted by atomic mass is 35.5. The van der Waals surface area contributed by atoms with E-state index < -0.39 is 0 Å². The quantitative estimate of drug-likeness (QED) is 0.379. The second-order valence-corrected chi connectivity index (χ2v) is 11.5. The van der Waals surface area contributed by atoms with Gasteiger partial charge < -0.3 is 9.47 Å². The number of halogens is 2. The first-order valence-electron chi connectivity index (χ1n) is 12.2. The summed E-state index contributed by atoms with van der Waals surface area (Å²) in [5.41, 5.74) is 4.84. The zero-order valence-electron chi connectivity index (χ0n) is 20.7. The first-order chi connectivity index (χ1) is 16.1. The van der Waals surface area contributed by atoms with Crippen molar-refractivity contribution in [3.05, 3.63) is 58.1 Å². The van der Waals surface area contributed by atoms with Gasteiger partial charge in [-0.3, -0.25) is 9.69 Å². The lowest BCUT2D eigenvalue weighted by molar-refractivity contribution is -0.132. The van der Waals surface area contributed by atoms with Gasteiger partial charge in [0.15, 0.2) is 0 Å². The number of aryl methyl sites for hydroxylation is 2. The molecular formula is C28H35Cl2N3O.